The minimum atomic E-state index is -0.744. The van der Waals surface area contributed by atoms with Gasteiger partial charge in [0.05, 0.1) is 17.2 Å². The van der Waals surface area contributed by atoms with Crippen LogP contribution in [0.2, 0.25) is 0 Å². The van der Waals surface area contributed by atoms with Gasteiger partial charge in [0, 0.05) is 18.9 Å². The van der Waals surface area contributed by atoms with Crippen molar-refractivity contribution >= 4 is 29.1 Å². The van der Waals surface area contributed by atoms with E-state index in [0.717, 1.165) is 56.4 Å². The number of fused-ring (bicyclic) bond motifs is 2. The van der Waals surface area contributed by atoms with E-state index in [1.54, 1.807) is 0 Å². The lowest BCUT2D eigenvalue weighted by molar-refractivity contribution is -0.137. The molecule has 0 saturated carbocycles. The highest BCUT2D eigenvalue weighted by molar-refractivity contribution is 7.80. The molecule has 2 aliphatic heterocycles. The summed E-state index contributed by atoms with van der Waals surface area (Å²) < 4.78 is 6.12. The van der Waals surface area contributed by atoms with Crippen molar-refractivity contribution in [2.24, 2.45) is 11.8 Å². The second-order valence-corrected chi connectivity index (χ2v) is 9.10. The predicted molar refractivity (Wildman–Crippen MR) is 122 cm³/mol. The lowest BCUT2D eigenvalue weighted by Crippen LogP contribution is -2.47. The van der Waals surface area contributed by atoms with Crippen LogP contribution in [0.15, 0.2) is 12.2 Å². The van der Waals surface area contributed by atoms with Crippen molar-refractivity contribution in [2.45, 2.75) is 96.3 Å². The van der Waals surface area contributed by atoms with E-state index in [1.165, 1.54) is 0 Å². The molecule has 2 heterocycles. The van der Waals surface area contributed by atoms with E-state index >= 15 is 0 Å². The number of allylic oxidation sites excluding steroid dienone is 2. The summed E-state index contributed by atoms with van der Waals surface area (Å²) in [5, 5.41) is 15.0. The molecule has 0 aliphatic carbocycles. The molecule has 0 aromatic heterocycles. The number of rotatable bonds is 14. The fourth-order valence-electron chi connectivity index (χ4n) is 4.51. The molecular formula is C23H38N2O4S. The molecule has 170 valence electrons. The largest absolute Gasteiger partial charge is 0.481 e. The Morgan fingerprint density at radius 2 is 1.87 bits per heavy atom. The molecule has 2 bridgehead atoms. The van der Waals surface area contributed by atoms with Crippen LogP contribution in [0.25, 0.3) is 0 Å². The number of amides is 1. The quantitative estimate of drug-likeness (QED) is 0.216. The van der Waals surface area contributed by atoms with E-state index in [0.29, 0.717) is 24.8 Å². The standard InChI is InChI=1S/C23H38N2O4S/c1-3-4-7-11-21(30)25-16(2)23(28)24-15-18-17(19-13-14-20(18)29-19)10-8-5-6-9-12-22(26)27/h5,8,16-20H,3-4,6-7,9-15H2,1-2H3,(H,24,28)(H,25,30)(H,26,27)/b8-5-/t16?,17-,18+,19-,20+/m1/s1. The first-order valence-electron chi connectivity index (χ1n) is 11.5. The van der Waals surface area contributed by atoms with E-state index in [9.17, 15) is 9.59 Å². The first-order chi connectivity index (χ1) is 14.4. The van der Waals surface area contributed by atoms with Gasteiger partial charge in [-0.15, -0.1) is 0 Å². The summed E-state index contributed by atoms with van der Waals surface area (Å²) in [7, 11) is 0. The number of hydrogen-bond acceptors (Lipinski definition) is 4. The van der Waals surface area contributed by atoms with Gasteiger partial charge in [-0.25, -0.2) is 0 Å². The van der Waals surface area contributed by atoms with Crippen molar-refractivity contribution < 1.29 is 19.4 Å². The minimum Gasteiger partial charge on any atom is -0.481 e. The van der Waals surface area contributed by atoms with Gasteiger partial charge >= 0.3 is 5.97 Å². The first kappa shape index (κ1) is 24.8. The Morgan fingerprint density at radius 1 is 1.13 bits per heavy atom. The molecule has 2 aliphatic rings. The van der Waals surface area contributed by atoms with Crippen LogP contribution in [-0.2, 0) is 14.3 Å². The van der Waals surface area contributed by atoms with Crippen LogP contribution in [0, 0.1) is 11.8 Å². The monoisotopic (exact) mass is 438 g/mol. The number of thiocarbonyl (C=S) groups is 1. The number of ether oxygens (including phenoxy) is 1. The molecule has 1 amide bonds. The third kappa shape index (κ3) is 7.99. The molecule has 0 aromatic carbocycles. The number of carbonyl (C=O) groups excluding carboxylic acids is 1. The topological polar surface area (TPSA) is 87.7 Å². The second kappa shape index (κ2) is 13.1. The fraction of sp³-hybridized carbons (Fsp3) is 0.783. The first-order valence-corrected chi connectivity index (χ1v) is 11.9. The Hall–Kier alpha value is -1.47. The normalized spacial score (nSPS) is 26.1. The minimum absolute atomic E-state index is 0.0152. The van der Waals surface area contributed by atoms with Crippen LogP contribution in [0.1, 0.15) is 78.1 Å². The molecule has 7 heteroatoms. The summed E-state index contributed by atoms with van der Waals surface area (Å²) in [5.74, 6) is -0.0111. The van der Waals surface area contributed by atoms with Gasteiger partial charge < -0.3 is 20.5 Å². The summed E-state index contributed by atoms with van der Waals surface area (Å²) in [5.41, 5.74) is 0. The Morgan fingerprint density at radius 3 is 2.57 bits per heavy atom. The average Bonchev–Trinajstić information content (AvgIpc) is 3.30. The Balaban J connectivity index is 1.74. The Bertz CT molecular complexity index is 610. The van der Waals surface area contributed by atoms with Crippen molar-refractivity contribution in [1.82, 2.24) is 10.6 Å². The smallest absolute Gasteiger partial charge is 0.303 e. The van der Waals surface area contributed by atoms with Gasteiger partial charge in [-0.3, -0.25) is 9.59 Å². The zero-order chi connectivity index (χ0) is 21.9. The van der Waals surface area contributed by atoms with Gasteiger partial charge in [0.15, 0.2) is 0 Å². The Labute approximate surface area is 186 Å². The number of nitrogens with one attached hydrogen (secondary N) is 2. The van der Waals surface area contributed by atoms with E-state index in [4.69, 9.17) is 22.1 Å². The van der Waals surface area contributed by atoms with E-state index < -0.39 is 5.97 Å². The molecule has 30 heavy (non-hydrogen) atoms. The molecule has 1 unspecified atom stereocenters. The molecule has 2 fully saturated rings. The van der Waals surface area contributed by atoms with E-state index in [2.05, 4.69) is 29.7 Å². The number of carbonyl (C=O) groups is 2. The number of hydrogen-bond donors (Lipinski definition) is 3. The molecule has 2 rings (SSSR count). The number of aliphatic carboxylic acids is 1. The highest BCUT2D eigenvalue weighted by atomic mass is 32.1. The third-order valence-corrected chi connectivity index (χ3v) is 6.54. The van der Waals surface area contributed by atoms with Crippen molar-refractivity contribution in [1.29, 1.82) is 0 Å². The fourth-order valence-corrected chi connectivity index (χ4v) is 4.83. The zero-order valence-electron chi connectivity index (χ0n) is 18.4. The summed E-state index contributed by atoms with van der Waals surface area (Å²) >= 11 is 5.36. The maximum Gasteiger partial charge on any atom is 0.303 e. The van der Waals surface area contributed by atoms with Gasteiger partial charge in [0.25, 0.3) is 0 Å². The summed E-state index contributed by atoms with van der Waals surface area (Å²) in [6.45, 7) is 4.65. The summed E-state index contributed by atoms with van der Waals surface area (Å²) in [6, 6.07) is -0.328. The summed E-state index contributed by atoms with van der Waals surface area (Å²) in [6.07, 6.45) is 13.7. The molecule has 2 saturated heterocycles. The molecule has 3 N–H and O–H groups in total. The molecule has 0 radical (unpaired) electrons. The van der Waals surface area contributed by atoms with Crippen molar-refractivity contribution in [3.8, 4) is 0 Å². The van der Waals surface area contributed by atoms with Crippen molar-refractivity contribution in [2.75, 3.05) is 6.54 Å². The van der Waals surface area contributed by atoms with Gasteiger partial charge in [0.1, 0.15) is 6.04 Å². The average molecular weight is 439 g/mol. The van der Waals surface area contributed by atoms with Crippen molar-refractivity contribution in [3.63, 3.8) is 0 Å². The maximum atomic E-state index is 12.5. The molecule has 6 nitrogen and oxygen atoms in total. The van der Waals surface area contributed by atoms with Gasteiger partial charge in [-0.2, -0.15) is 0 Å². The SMILES string of the molecule is CCCCCC(=S)NC(C)C(=O)NC[C@H]1[C@@H](C/C=C\CCCC(=O)O)[C@H]2CC[C@@H]1O2. The third-order valence-electron chi connectivity index (χ3n) is 6.22. The number of unbranched alkanes of at least 4 members (excludes halogenated alkanes) is 3. The van der Waals surface area contributed by atoms with Crippen LogP contribution >= 0.6 is 12.2 Å². The molecule has 0 aromatic rings. The van der Waals surface area contributed by atoms with Crippen LogP contribution in [-0.4, -0.2) is 46.8 Å². The van der Waals surface area contributed by atoms with Crippen molar-refractivity contribution in [3.05, 3.63) is 12.2 Å². The van der Waals surface area contributed by atoms with Crippen LogP contribution in [0.5, 0.6) is 0 Å². The highest BCUT2D eigenvalue weighted by Crippen LogP contribution is 2.44. The Kier molecular flexibility index (Phi) is 10.8. The van der Waals surface area contributed by atoms with Crippen LogP contribution in [0.3, 0.4) is 0 Å². The zero-order valence-corrected chi connectivity index (χ0v) is 19.2. The van der Waals surface area contributed by atoms with Crippen LogP contribution in [0.4, 0.5) is 0 Å². The lowest BCUT2D eigenvalue weighted by atomic mass is 9.77. The van der Waals surface area contributed by atoms with E-state index in [1.807, 2.05) is 6.92 Å². The molecule has 5 atom stereocenters. The highest BCUT2D eigenvalue weighted by Gasteiger charge is 2.48. The number of carboxylic acid groups (broad SMARTS) is 1. The van der Waals surface area contributed by atoms with Crippen LogP contribution < -0.4 is 10.6 Å². The predicted octanol–water partition coefficient (Wildman–Crippen LogP) is 3.98. The molecular weight excluding hydrogens is 400 g/mol. The van der Waals surface area contributed by atoms with Gasteiger partial charge in [-0.1, -0.05) is 44.1 Å². The maximum absolute atomic E-state index is 12.5. The van der Waals surface area contributed by atoms with E-state index in [-0.39, 0.29) is 30.6 Å². The second-order valence-electron chi connectivity index (χ2n) is 8.60. The van der Waals surface area contributed by atoms with Gasteiger partial charge in [0.2, 0.25) is 5.91 Å². The lowest BCUT2D eigenvalue weighted by Gasteiger charge is -2.28. The number of carboxylic acids is 1. The van der Waals surface area contributed by atoms with Gasteiger partial charge in [-0.05, 0) is 57.8 Å². The molecule has 0 spiro atoms. The summed E-state index contributed by atoms with van der Waals surface area (Å²) in [4.78, 5) is 23.9.